The van der Waals surface area contributed by atoms with Gasteiger partial charge in [-0.3, -0.25) is 4.79 Å². The van der Waals surface area contributed by atoms with Gasteiger partial charge in [-0.1, -0.05) is 6.07 Å². The number of fused-ring (bicyclic) bond motifs is 1. The van der Waals surface area contributed by atoms with Crippen molar-refractivity contribution in [2.45, 2.75) is 45.2 Å². The van der Waals surface area contributed by atoms with Crippen molar-refractivity contribution in [3.05, 3.63) is 53.6 Å². The number of methoxy groups -OCH3 is 1. The van der Waals surface area contributed by atoms with Gasteiger partial charge in [0.2, 0.25) is 5.91 Å². The highest BCUT2D eigenvalue weighted by Gasteiger charge is 2.32. The quantitative estimate of drug-likeness (QED) is 0.867. The maximum absolute atomic E-state index is 12.8. The van der Waals surface area contributed by atoms with Crippen LogP contribution in [0.25, 0.3) is 0 Å². The molecule has 0 N–H and O–H groups in total. The predicted octanol–water partition coefficient (Wildman–Crippen LogP) is 2.95. The smallest absolute Gasteiger partial charge is 0.223 e. The van der Waals surface area contributed by atoms with Crippen LogP contribution in [0.4, 0.5) is 0 Å². The van der Waals surface area contributed by atoms with Gasteiger partial charge >= 0.3 is 0 Å². The number of aromatic nitrogens is 2. The largest absolute Gasteiger partial charge is 0.497 e. The van der Waals surface area contributed by atoms with E-state index in [1.807, 2.05) is 17.0 Å². The molecular weight excluding hydrogens is 302 g/mol. The van der Waals surface area contributed by atoms with Crippen molar-refractivity contribution in [2.75, 3.05) is 7.11 Å². The third-order valence-electron chi connectivity index (χ3n) is 4.73. The summed E-state index contributed by atoms with van der Waals surface area (Å²) in [5.41, 5.74) is 3.39. The van der Waals surface area contributed by atoms with Crippen LogP contribution < -0.4 is 4.74 Å². The van der Waals surface area contributed by atoms with Crippen molar-refractivity contribution in [1.82, 2.24) is 14.9 Å². The number of aryl methyl sites for hydroxylation is 1. The van der Waals surface area contributed by atoms with Crippen LogP contribution in [0.5, 0.6) is 5.75 Å². The Morgan fingerprint density at radius 3 is 2.88 bits per heavy atom. The second kappa shape index (κ2) is 6.99. The maximum atomic E-state index is 12.8. The first-order chi connectivity index (χ1) is 11.6. The van der Waals surface area contributed by atoms with Gasteiger partial charge in [-0.05, 0) is 56.0 Å². The zero-order chi connectivity index (χ0) is 17.1. The van der Waals surface area contributed by atoms with Crippen molar-refractivity contribution in [1.29, 1.82) is 0 Å². The molecule has 2 atom stereocenters. The Hall–Kier alpha value is -2.43. The van der Waals surface area contributed by atoms with Crippen LogP contribution in [0.2, 0.25) is 0 Å². The Morgan fingerprint density at radius 2 is 2.17 bits per heavy atom. The van der Waals surface area contributed by atoms with Crippen LogP contribution in [0.15, 0.2) is 36.8 Å². The molecule has 3 rings (SSSR count). The molecule has 1 amide bonds. The lowest BCUT2D eigenvalue weighted by molar-refractivity contribution is -0.136. The second-order valence-corrected chi connectivity index (χ2v) is 6.30. The van der Waals surface area contributed by atoms with Gasteiger partial charge < -0.3 is 9.64 Å². The van der Waals surface area contributed by atoms with Gasteiger partial charge in [-0.15, -0.1) is 0 Å². The number of amides is 1. The van der Waals surface area contributed by atoms with Gasteiger partial charge in [0.25, 0.3) is 0 Å². The summed E-state index contributed by atoms with van der Waals surface area (Å²) in [6.45, 7) is 4.21. The zero-order valence-electron chi connectivity index (χ0n) is 14.4. The van der Waals surface area contributed by atoms with Crippen LogP contribution in [0.1, 0.15) is 43.1 Å². The Kier molecular flexibility index (Phi) is 4.79. The number of rotatable bonds is 4. The number of carbonyl (C=O) groups is 1. The van der Waals surface area contributed by atoms with E-state index in [2.05, 4.69) is 35.9 Å². The summed E-state index contributed by atoms with van der Waals surface area (Å²) in [6, 6.07) is 8.25. The first kappa shape index (κ1) is 16.4. The molecule has 1 aliphatic rings. The van der Waals surface area contributed by atoms with E-state index in [1.54, 1.807) is 13.3 Å². The normalized spacial score (nSPS) is 19.7. The number of benzene rings is 1. The molecule has 2 heterocycles. The van der Waals surface area contributed by atoms with E-state index < -0.39 is 0 Å². The molecule has 1 aliphatic heterocycles. The minimum atomic E-state index is 0.0764. The third-order valence-corrected chi connectivity index (χ3v) is 4.73. The number of hydrogen-bond donors (Lipinski definition) is 0. The average Bonchev–Trinajstić information content (AvgIpc) is 2.60. The Balaban J connectivity index is 1.74. The summed E-state index contributed by atoms with van der Waals surface area (Å²) in [5, 5.41) is 0. The van der Waals surface area contributed by atoms with Crippen molar-refractivity contribution in [2.24, 2.45) is 0 Å². The number of nitrogens with zero attached hydrogens (tertiary/aromatic N) is 3. The Morgan fingerprint density at radius 1 is 1.33 bits per heavy atom. The van der Waals surface area contributed by atoms with Gasteiger partial charge in [0.05, 0.1) is 13.2 Å². The highest BCUT2D eigenvalue weighted by Crippen LogP contribution is 2.35. The molecule has 2 aromatic rings. The predicted molar refractivity (Wildman–Crippen MR) is 91.8 cm³/mol. The molecule has 0 radical (unpaired) electrons. The fourth-order valence-corrected chi connectivity index (χ4v) is 3.53. The molecule has 0 aliphatic carbocycles. The highest BCUT2D eigenvalue weighted by atomic mass is 16.5. The van der Waals surface area contributed by atoms with E-state index in [0.717, 1.165) is 17.9 Å². The van der Waals surface area contributed by atoms with Crippen molar-refractivity contribution in [3.8, 4) is 5.75 Å². The minimum absolute atomic E-state index is 0.0764. The lowest BCUT2D eigenvalue weighted by atomic mass is 9.89. The second-order valence-electron chi connectivity index (χ2n) is 6.30. The fourth-order valence-electron chi connectivity index (χ4n) is 3.53. The summed E-state index contributed by atoms with van der Waals surface area (Å²) < 4.78 is 5.32. The third kappa shape index (κ3) is 3.25. The minimum Gasteiger partial charge on any atom is -0.497 e. The maximum Gasteiger partial charge on any atom is 0.223 e. The summed E-state index contributed by atoms with van der Waals surface area (Å²) >= 11 is 0. The molecule has 24 heavy (non-hydrogen) atoms. The summed E-state index contributed by atoms with van der Waals surface area (Å²) in [6.07, 6.45) is 5.21. The first-order valence-corrected chi connectivity index (χ1v) is 8.33. The molecule has 0 saturated carbocycles. The molecule has 2 unspecified atom stereocenters. The van der Waals surface area contributed by atoms with Crippen LogP contribution in [-0.2, 0) is 17.6 Å². The van der Waals surface area contributed by atoms with Gasteiger partial charge in [-0.25, -0.2) is 9.97 Å². The van der Waals surface area contributed by atoms with Gasteiger partial charge in [-0.2, -0.15) is 0 Å². The van der Waals surface area contributed by atoms with Crippen molar-refractivity contribution >= 4 is 5.91 Å². The fraction of sp³-hybridized carbons (Fsp3) is 0.421. The first-order valence-electron chi connectivity index (χ1n) is 8.33. The monoisotopic (exact) mass is 325 g/mol. The molecule has 0 fully saturated rings. The van der Waals surface area contributed by atoms with E-state index >= 15 is 0 Å². The Bertz CT molecular complexity index is 718. The lowest BCUT2D eigenvalue weighted by Crippen LogP contribution is -2.45. The highest BCUT2D eigenvalue weighted by molar-refractivity contribution is 5.77. The average molecular weight is 325 g/mol. The van der Waals surface area contributed by atoms with Crippen LogP contribution in [0.3, 0.4) is 0 Å². The number of hydrogen-bond acceptors (Lipinski definition) is 4. The summed E-state index contributed by atoms with van der Waals surface area (Å²) in [7, 11) is 1.68. The SMILES string of the molecule is COc1ccc2c(c1)CC(C)N(C(=O)CCc1ccncn1)C2C. The van der Waals surface area contributed by atoms with Crippen molar-refractivity contribution < 1.29 is 9.53 Å². The standard InChI is InChI=1S/C19H23N3O2/c1-13-10-15-11-17(24-3)5-6-18(15)14(2)22(13)19(23)7-4-16-8-9-20-12-21-16/h5-6,8-9,11-14H,4,7,10H2,1-3H3. The van der Waals surface area contributed by atoms with Crippen LogP contribution in [0, 0.1) is 0 Å². The van der Waals surface area contributed by atoms with Gasteiger partial charge in [0.1, 0.15) is 12.1 Å². The molecule has 126 valence electrons. The molecule has 1 aromatic carbocycles. The van der Waals surface area contributed by atoms with E-state index in [0.29, 0.717) is 12.8 Å². The van der Waals surface area contributed by atoms with Crippen molar-refractivity contribution in [3.63, 3.8) is 0 Å². The lowest BCUT2D eigenvalue weighted by Gasteiger charge is -2.40. The molecule has 0 spiro atoms. The molecule has 0 saturated heterocycles. The van der Waals surface area contributed by atoms with E-state index in [-0.39, 0.29) is 18.0 Å². The number of ether oxygens (including phenoxy) is 1. The molecule has 0 bridgehead atoms. The summed E-state index contributed by atoms with van der Waals surface area (Å²) in [4.78, 5) is 22.9. The molecular formula is C19H23N3O2. The summed E-state index contributed by atoms with van der Waals surface area (Å²) in [5.74, 6) is 1.05. The molecule has 1 aromatic heterocycles. The van der Waals surface area contributed by atoms with E-state index in [1.165, 1.54) is 17.5 Å². The Labute approximate surface area is 142 Å². The van der Waals surface area contributed by atoms with Crippen LogP contribution >= 0.6 is 0 Å². The van der Waals surface area contributed by atoms with Gasteiger partial charge in [0, 0.05) is 24.4 Å². The molecule has 5 heteroatoms. The van der Waals surface area contributed by atoms with E-state index in [9.17, 15) is 4.79 Å². The van der Waals surface area contributed by atoms with Gasteiger partial charge in [0.15, 0.2) is 0 Å². The van der Waals surface area contributed by atoms with Crippen LogP contribution in [-0.4, -0.2) is 33.9 Å². The topological polar surface area (TPSA) is 55.3 Å². The van der Waals surface area contributed by atoms with E-state index in [4.69, 9.17) is 4.74 Å². The molecule has 5 nitrogen and oxygen atoms in total. The number of carbonyl (C=O) groups excluding carboxylic acids is 1. The zero-order valence-corrected chi connectivity index (χ0v) is 14.4.